The van der Waals surface area contributed by atoms with E-state index in [4.69, 9.17) is 0 Å². The van der Waals surface area contributed by atoms with E-state index < -0.39 is 0 Å². The van der Waals surface area contributed by atoms with Crippen LogP contribution in [0.1, 0.15) is 44.2 Å². The van der Waals surface area contributed by atoms with Crippen molar-refractivity contribution >= 4 is 0 Å². The minimum atomic E-state index is 0.659. The van der Waals surface area contributed by atoms with E-state index in [0.717, 1.165) is 19.1 Å². The number of aromatic nitrogens is 2. The third-order valence-corrected chi connectivity index (χ3v) is 4.56. The maximum atomic E-state index is 4.38. The molecule has 0 amide bonds. The van der Waals surface area contributed by atoms with E-state index in [1.54, 1.807) is 0 Å². The monoisotopic (exact) mass is 262 g/mol. The Morgan fingerprint density at radius 3 is 3.00 bits per heavy atom. The van der Waals surface area contributed by atoms with Crippen molar-refractivity contribution < 1.29 is 0 Å². The van der Waals surface area contributed by atoms with Gasteiger partial charge >= 0.3 is 0 Å². The van der Waals surface area contributed by atoms with Crippen molar-refractivity contribution in [2.24, 2.45) is 0 Å². The minimum Gasteiger partial charge on any atom is -0.333 e. The molecule has 1 atom stereocenters. The third-order valence-electron chi connectivity index (χ3n) is 4.56. The van der Waals surface area contributed by atoms with E-state index in [1.807, 2.05) is 6.33 Å². The molecule has 0 spiro atoms. The molecule has 1 N–H and O–H groups in total. The summed E-state index contributed by atoms with van der Waals surface area (Å²) in [7, 11) is 0. The van der Waals surface area contributed by atoms with Crippen LogP contribution >= 0.6 is 0 Å². The molecule has 1 saturated carbocycles. The van der Waals surface area contributed by atoms with Crippen molar-refractivity contribution in [2.45, 2.75) is 51.1 Å². The molecular formula is C15H26N4. The number of hydrogen-bond acceptors (Lipinski definition) is 3. The van der Waals surface area contributed by atoms with Crippen molar-refractivity contribution in [3.05, 3.63) is 18.2 Å². The van der Waals surface area contributed by atoms with Crippen molar-refractivity contribution in [1.82, 2.24) is 19.8 Å². The average molecular weight is 262 g/mol. The van der Waals surface area contributed by atoms with E-state index in [9.17, 15) is 0 Å². The first-order valence-corrected chi connectivity index (χ1v) is 7.83. The number of imidazole rings is 1. The summed E-state index contributed by atoms with van der Waals surface area (Å²) in [6.45, 7) is 8.01. The van der Waals surface area contributed by atoms with Gasteiger partial charge in [-0.2, -0.15) is 0 Å². The number of piperidine rings is 1. The van der Waals surface area contributed by atoms with Crippen LogP contribution in [0, 0.1) is 0 Å². The Hall–Kier alpha value is -0.870. The van der Waals surface area contributed by atoms with Crippen LogP contribution in [0.2, 0.25) is 0 Å². The van der Waals surface area contributed by atoms with Gasteiger partial charge in [-0.05, 0) is 38.8 Å². The first kappa shape index (κ1) is 13.1. The topological polar surface area (TPSA) is 33.1 Å². The first-order valence-electron chi connectivity index (χ1n) is 7.83. The van der Waals surface area contributed by atoms with Crippen LogP contribution in [0.4, 0.5) is 0 Å². The Morgan fingerprint density at radius 2 is 2.32 bits per heavy atom. The molecule has 1 unspecified atom stereocenters. The highest BCUT2D eigenvalue weighted by molar-refractivity contribution is 5.08. The van der Waals surface area contributed by atoms with Gasteiger partial charge in [0.2, 0.25) is 0 Å². The average Bonchev–Trinajstić information content (AvgIpc) is 3.18. The fraction of sp³-hybridized carbons (Fsp3) is 0.800. The molecule has 0 radical (unpaired) electrons. The van der Waals surface area contributed by atoms with Crippen molar-refractivity contribution in [2.75, 3.05) is 26.2 Å². The normalized spacial score (nSPS) is 24.0. The largest absolute Gasteiger partial charge is 0.333 e. The Labute approximate surface area is 116 Å². The maximum absolute atomic E-state index is 4.38. The molecule has 1 aromatic rings. The summed E-state index contributed by atoms with van der Waals surface area (Å²) in [6.07, 6.45) is 9.49. The Bertz CT molecular complexity index is 391. The summed E-state index contributed by atoms with van der Waals surface area (Å²) < 4.78 is 2.38. The predicted molar refractivity (Wildman–Crippen MR) is 77.3 cm³/mol. The molecule has 1 aromatic heterocycles. The standard InChI is InChI=1S/C15H26N4/c1-2-18(14-5-6-14)8-9-19-12-17-11-15(19)13-4-3-7-16-10-13/h11-14,16H,2-10H2,1H3. The Kier molecular flexibility index (Phi) is 4.18. The molecule has 1 aliphatic heterocycles. The van der Waals surface area contributed by atoms with Gasteiger partial charge in [-0.25, -0.2) is 4.98 Å². The van der Waals surface area contributed by atoms with Crippen LogP contribution in [0.3, 0.4) is 0 Å². The predicted octanol–water partition coefficient (Wildman–Crippen LogP) is 1.83. The number of likely N-dealkylation sites (N-methyl/N-ethyl adjacent to an activating group) is 1. The summed E-state index contributed by atoms with van der Waals surface area (Å²) in [4.78, 5) is 6.99. The molecular weight excluding hydrogens is 236 g/mol. The first-order chi connectivity index (χ1) is 9.38. The molecule has 3 rings (SSSR count). The second-order valence-corrected chi connectivity index (χ2v) is 5.91. The minimum absolute atomic E-state index is 0.659. The van der Waals surface area contributed by atoms with Crippen molar-refractivity contribution in [1.29, 1.82) is 0 Å². The summed E-state index contributed by atoms with van der Waals surface area (Å²) in [5.74, 6) is 0.659. The van der Waals surface area contributed by atoms with Crippen LogP contribution in [0.15, 0.2) is 12.5 Å². The van der Waals surface area contributed by atoms with E-state index in [-0.39, 0.29) is 0 Å². The van der Waals surface area contributed by atoms with E-state index in [1.165, 1.54) is 51.0 Å². The lowest BCUT2D eigenvalue weighted by atomic mass is 9.96. The SMILES string of the molecule is CCN(CCn1cncc1C1CCCNC1)C1CC1. The molecule has 2 aliphatic rings. The van der Waals surface area contributed by atoms with Crippen LogP contribution in [0.25, 0.3) is 0 Å². The molecule has 19 heavy (non-hydrogen) atoms. The van der Waals surface area contributed by atoms with E-state index >= 15 is 0 Å². The molecule has 0 bridgehead atoms. The highest BCUT2D eigenvalue weighted by Gasteiger charge is 2.27. The van der Waals surface area contributed by atoms with Crippen LogP contribution in [-0.2, 0) is 6.54 Å². The van der Waals surface area contributed by atoms with Gasteiger partial charge in [0.15, 0.2) is 0 Å². The van der Waals surface area contributed by atoms with Gasteiger partial charge in [0.05, 0.1) is 6.33 Å². The van der Waals surface area contributed by atoms with Gasteiger partial charge in [-0.1, -0.05) is 6.92 Å². The van der Waals surface area contributed by atoms with Gasteiger partial charge in [0.25, 0.3) is 0 Å². The fourth-order valence-electron chi connectivity index (χ4n) is 3.24. The Balaban J connectivity index is 1.59. The van der Waals surface area contributed by atoms with Gasteiger partial charge < -0.3 is 9.88 Å². The number of rotatable bonds is 6. The highest BCUT2D eigenvalue weighted by Crippen LogP contribution is 2.27. The van der Waals surface area contributed by atoms with E-state index in [2.05, 4.69) is 32.9 Å². The molecule has 2 heterocycles. The second-order valence-electron chi connectivity index (χ2n) is 5.91. The fourth-order valence-corrected chi connectivity index (χ4v) is 3.24. The zero-order chi connectivity index (χ0) is 13.1. The maximum Gasteiger partial charge on any atom is 0.0948 e. The van der Waals surface area contributed by atoms with Crippen LogP contribution in [0.5, 0.6) is 0 Å². The van der Waals surface area contributed by atoms with Crippen molar-refractivity contribution in [3.63, 3.8) is 0 Å². The molecule has 0 aromatic carbocycles. The van der Waals surface area contributed by atoms with Gasteiger partial charge in [0.1, 0.15) is 0 Å². The van der Waals surface area contributed by atoms with Crippen LogP contribution in [-0.4, -0.2) is 46.7 Å². The second kappa shape index (κ2) is 6.06. The molecule has 2 fully saturated rings. The summed E-state index contributed by atoms with van der Waals surface area (Å²) in [6, 6.07) is 0.869. The highest BCUT2D eigenvalue weighted by atomic mass is 15.2. The van der Waals surface area contributed by atoms with Crippen molar-refractivity contribution in [3.8, 4) is 0 Å². The van der Waals surface area contributed by atoms with Gasteiger partial charge in [-0.15, -0.1) is 0 Å². The van der Waals surface area contributed by atoms with E-state index in [0.29, 0.717) is 5.92 Å². The quantitative estimate of drug-likeness (QED) is 0.849. The Morgan fingerprint density at radius 1 is 1.42 bits per heavy atom. The zero-order valence-corrected chi connectivity index (χ0v) is 12.0. The molecule has 4 nitrogen and oxygen atoms in total. The zero-order valence-electron chi connectivity index (χ0n) is 12.0. The number of hydrogen-bond donors (Lipinski definition) is 1. The summed E-state index contributed by atoms with van der Waals surface area (Å²) >= 11 is 0. The lowest BCUT2D eigenvalue weighted by Gasteiger charge is -2.25. The van der Waals surface area contributed by atoms with Gasteiger partial charge in [0, 0.05) is 43.5 Å². The third kappa shape index (κ3) is 3.18. The lowest BCUT2D eigenvalue weighted by molar-refractivity contribution is 0.263. The smallest absolute Gasteiger partial charge is 0.0948 e. The van der Waals surface area contributed by atoms with Gasteiger partial charge in [-0.3, -0.25) is 4.90 Å². The molecule has 1 aliphatic carbocycles. The van der Waals surface area contributed by atoms with Crippen LogP contribution < -0.4 is 5.32 Å². The molecule has 1 saturated heterocycles. The summed E-state index contributed by atoms with van der Waals surface area (Å²) in [5, 5.41) is 3.50. The number of nitrogens with zero attached hydrogens (tertiary/aromatic N) is 3. The molecule has 4 heteroatoms. The number of nitrogens with one attached hydrogen (secondary N) is 1. The summed E-state index contributed by atoms with van der Waals surface area (Å²) in [5.41, 5.74) is 1.43. The lowest BCUT2D eigenvalue weighted by Crippen LogP contribution is -2.32. The molecule has 106 valence electrons.